The van der Waals surface area contributed by atoms with Crippen LogP contribution in [0.4, 0.5) is 28.6 Å². The van der Waals surface area contributed by atoms with E-state index in [-0.39, 0.29) is 11.9 Å². The summed E-state index contributed by atoms with van der Waals surface area (Å²) in [5, 5.41) is 9.44. The fourth-order valence-electron chi connectivity index (χ4n) is 5.42. The lowest BCUT2D eigenvalue weighted by molar-refractivity contribution is -0.122. The molecule has 5 heterocycles. The maximum atomic E-state index is 13.4. The number of hydrogen-bond acceptors (Lipinski definition) is 8. The Balaban J connectivity index is 1.30. The number of carbonyl (C=O) groups is 2. The van der Waals surface area contributed by atoms with Crippen molar-refractivity contribution in [1.29, 1.82) is 0 Å². The maximum absolute atomic E-state index is 13.4. The van der Waals surface area contributed by atoms with Crippen LogP contribution in [0.5, 0.6) is 5.75 Å². The van der Waals surface area contributed by atoms with Gasteiger partial charge in [0.25, 0.3) is 5.91 Å². The molecule has 1 atom stereocenters. The highest BCUT2D eigenvalue weighted by molar-refractivity contribution is 7.12. The minimum Gasteiger partial charge on any atom is -0.495 e. The molecule has 0 bridgehead atoms. The Labute approximate surface area is 223 Å². The van der Waals surface area contributed by atoms with Crippen LogP contribution in [0.25, 0.3) is 10.9 Å². The topological polar surface area (TPSA) is 129 Å². The van der Waals surface area contributed by atoms with E-state index in [9.17, 15) is 9.59 Å². The molecule has 2 aliphatic rings. The summed E-state index contributed by atoms with van der Waals surface area (Å²) >= 11 is 1.29. The van der Waals surface area contributed by atoms with Crippen LogP contribution < -0.4 is 26.0 Å². The van der Waals surface area contributed by atoms with E-state index in [1.165, 1.54) is 11.3 Å². The average molecular weight is 532 g/mol. The molecule has 0 radical (unpaired) electrons. The van der Waals surface area contributed by atoms with E-state index in [2.05, 4.69) is 25.5 Å². The second-order valence-electron chi connectivity index (χ2n) is 9.67. The molecule has 38 heavy (non-hydrogen) atoms. The molecule has 4 aromatic rings. The van der Waals surface area contributed by atoms with E-state index in [4.69, 9.17) is 10.5 Å². The summed E-state index contributed by atoms with van der Waals surface area (Å²) in [6.45, 7) is 1.63. The molecule has 2 aliphatic heterocycles. The number of pyridine rings is 1. The molecule has 11 heteroatoms. The van der Waals surface area contributed by atoms with E-state index >= 15 is 0 Å². The first-order valence-electron chi connectivity index (χ1n) is 12.5. The second-order valence-corrected chi connectivity index (χ2v) is 10.6. The normalized spacial score (nSPS) is 17.1. The van der Waals surface area contributed by atoms with Gasteiger partial charge < -0.3 is 31.0 Å². The smallest absolute Gasteiger partial charge is 0.260 e. The Morgan fingerprint density at radius 2 is 2.03 bits per heavy atom. The standard InChI is InChI=1S/C27H29N7O3S/c1-33-7-3-4-21(33)27(36)34-8-5-15-10-23(37-2)18(12-22(15)34)31-24-11-16-19(13-29-14-20(16)32-24)30-17-6-9-38-25(17)26(28)35/h6,9-14,21,30-32H,3-5,7-8H2,1-2H3,(H2,28,35)/t21-/m0/s1. The molecule has 0 unspecified atom stereocenters. The van der Waals surface area contributed by atoms with E-state index in [0.29, 0.717) is 22.9 Å². The van der Waals surface area contributed by atoms with Crippen LogP contribution in [0.2, 0.25) is 0 Å². The van der Waals surface area contributed by atoms with Gasteiger partial charge in [-0.05, 0) is 68.1 Å². The van der Waals surface area contributed by atoms with Crippen molar-refractivity contribution in [2.45, 2.75) is 25.3 Å². The number of nitrogens with two attached hydrogens (primary N) is 1. The molecular formula is C27H29N7O3S. The summed E-state index contributed by atoms with van der Waals surface area (Å²) in [6.07, 6.45) is 6.20. The minimum absolute atomic E-state index is 0.0649. The number of aromatic nitrogens is 2. The number of fused-ring (bicyclic) bond motifs is 2. The highest BCUT2D eigenvalue weighted by atomic mass is 32.1. The van der Waals surface area contributed by atoms with Gasteiger partial charge in [0.2, 0.25) is 5.91 Å². The van der Waals surface area contributed by atoms with Gasteiger partial charge in [0, 0.05) is 17.6 Å². The van der Waals surface area contributed by atoms with E-state index in [0.717, 1.165) is 65.2 Å². The van der Waals surface area contributed by atoms with E-state index in [1.54, 1.807) is 19.5 Å². The molecule has 0 spiro atoms. The lowest BCUT2D eigenvalue weighted by Gasteiger charge is -2.26. The first-order valence-corrected chi connectivity index (χ1v) is 13.4. The Morgan fingerprint density at radius 1 is 1.16 bits per heavy atom. The number of carbonyl (C=O) groups excluding carboxylic acids is 2. The van der Waals surface area contributed by atoms with Crippen LogP contribution in [0.15, 0.2) is 42.0 Å². The fraction of sp³-hybridized carbons (Fsp3) is 0.296. The van der Waals surface area contributed by atoms with Crippen LogP contribution in [-0.2, 0) is 11.2 Å². The Morgan fingerprint density at radius 3 is 2.79 bits per heavy atom. The number of ether oxygens (including phenoxy) is 1. The van der Waals surface area contributed by atoms with Gasteiger partial charge in [0.15, 0.2) is 0 Å². The predicted octanol–water partition coefficient (Wildman–Crippen LogP) is 4.20. The van der Waals surface area contributed by atoms with Gasteiger partial charge in [-0.15, -0.1) is 11.3 Å². The third-order valence-electron chi connectivity index (χ3n) is 7.34. The summed E-state index contributed by atoms with van der Waals surface area (Å²) in [4.78, 5) is 37.4. The van der Waals surface area contributed by atoms with Gasteiger partial charge in [-0.1, -0.05) is 0 Å². The minimum atomic E-state index is -0.477. The lowest BCUT2D eigenvalue weighted by atomic mass is 10.1. The van der Waals surface area contributed by atoms with Crippen LogP contribution >= 0.6 is 11.3 Å². The van der Waals surface area contributed by atoms with Crippen molar-refractivity contribution < 1.29 is 14.3 Å². The summed E-state index contributed by atoms with van der Waals surface area (Å²) in [7, 11) is 3.67. The molecule has 2 amide bonds. The largest absolute Gasteiger partial charge is 0.495 e. The Bertz CT molecular complexity index is 1540. The molecule has 1 aromatic carbocycles. The Kier molecular flexibility index (Phi) is 6.16. The molecule has 5 N–H and O–H groups in total. The molecule has 10 nitrogen and oxygen atoms in total. The number of benzene rings is 1. The summed E-state index contributed by atoms with van der Waals surface area (Å²) in [6, 6.07) is 7.74. The van der Waals surface area contributed by atoms with Crippen molar-refractivity contribution in [1.82, 2.24) is 14.9 Å². The monoisotopic (exact) mass is 531 g/mol. The zero-order chi connectivity index (χ0) is 26.4. The zero-order valence-corrected chi connectivity index (χ0v) is 22.0. The third-order valence-corrected chi connectivity index (χ3v) is 8.27. The van der Waals surface area contributed by atoms with Crippen LogP contribution in [0.1, 0.15) is 28.1 Å². The number of likely N-dealkylation sites (N-methyl/N-ethyl adjacent to an activating group) is 1. The second kappa shape index (κ2) is 9.66. The van der Waals surface area contributed by atoms with Gasteiger partial charge in [-0.2, -0.15) is 0 Å². The van der Waals surface area contributed by atoms with Crippen molar-refractivity contribution >= 4 is 62.6 Å². The first kappa shape index (κ1) is 24.3. The number of thiophene rings is 1. The van der Waals surface area contributed by atoms with Crippen LogP contribution in [-0.4, -0.2) is 60.0 Å². The molecule has 0 saturated carbocycles. The number of nitrogens with one attached hydrogen (secondary N) is 3. The van der Waals surface area contributed by atoms with Crippen molar-refractivity contribution in [2.75, 3.05) is 42.8 Å². The van der Waals surface area contributed by atoms with Gasteiger partial charge in [-0.25, -0.2) is 0 Å². The average Bonchev–Trinajstić information content (AvgIpc) is 3.69. The number of primary amides is 1. The molecule has 0 aliphatic carbocycles. The van der Waals surface area contributed by atoms with E-state index in [1.807, 2.05) is 41.6 Å². The number of nitrogens with zero attached hydrogens (tertiary/aromatic N) is 3. The van der Waals surface area contributed by atoms with E-state index < -0.39 is 5.91 Å². The number of anilines is 5. The molecular weight excluding hydrogens is 502 g/mol. The van der Waals surface area contributed by atoms with Crippen LogP contribution in [0.3, 0.4) is 0 Å². The van der Waals surface area contributed by atoms with Gasteiger partial charge in [0.1, 0.15) is 16.4 Å². The van der Waals surface area contributed by atoms with Crippen molar-refractivity contribution in [3.05, 3.63) is 52.5 Å². The molecule has 196 valence electrons. The number of methoxy groups -OCH3 is 1. The highest BCUT2D eigenvalue weighted by Crippen LogP contribution is 2.40. The quantitative estimate of drug-likeness (QED) is 0.281. The third kappa shape index (κ3) is 4.23. The summed E-state index contributed by atoms with van der Waals surface area (Å²) in [5.74, 6) is 1.13. The van der Waals surface area contributed by atoms with Crippen LogP contribution in [0, 0.1) is 0 Å². The molecule has 1 saturated heterocycles. The summed E-state index contributed by atoms with van der Waals surface area (Å²) < 4.78 is 5.70. The number of amides is 2. The highest BCUT2D eigenvalue weighted by Gasteiger charge is 2.35. The predicted molar refractivity (Wildman–Crippen MR) is 150 cm³/mol. The number of H-pyrrole nitrogens is 1. The Hall–Kier alpha value is -4.09. The molecule has 3 aromatic heterocycles. The zero-order valence-electron chi connectivity index (χ0n) is 21.2. The number of hydrogen-bond donors (Lipinski definition) is 4. The lowest BCUT2D eigenvalue weighted by Crippen LogP contribution is -2.43. The van der Waals surface area contributed by atoms with Crippen molar-refractivity contribution in [3.8, 4) is 5.75 Å². The summed E-state index contributed by atoms with van der Waals surface area (Å²) in [5.41, 5.74) is 10.5. The molecule has 6 rings (SSSR count). The van der Waals surface area contributed by atoms with Crippen molar-refractivity contribution in [2.24, 2.45) is 5.73 Å². The number of rotatable bonds is 7. The van der Waals surface area contributed by atoms with Gasteiger partial charge in [-0.3, -0.25) is 19.5 Å². The number of aromatic amines is 1. The van der Waals surface area contributed by atoms with Gasteiger partial charge >= 0.3 is 0 Å². The van der Waals surface area contributed by atoms with Crippen molar-refractivity contribution in [3.63, 3.8) is 0 Å². The van der Waals surface area contributed by atoms with Gasteiger partial charge in [0.05, 0.1) is 48.1 Å². The first-order chi connectivity index (χ1) is 18.4. The maximum Gasteiger partial charge on any atom is 0.260 e. The SMILES string of the molecule is COc1cc2c(cc1Nc1cc3c(Nc4ccsc4C(N)=O)cncc3[nH]1)N(C(=O)[C@@H]1CCCN1C)CC2. The fourth-order valence-corrected chi connectivity index (χ4v) is 6.12. The molecule has 1 fully saturated rings. The number of likely N-dealkylation sites (tertiary alicyclic amines) is 1.